The number of aromatic nitrogens is 2. The van der Waals surface area contributed by atoms with Crippen LogP contribution in [0, 0.1) is 0 Å². The summed E-state index contributed by atoms with van der Waals surface area (Å²) in [7, 11) is 0. The molecule has 1 heterocycles. The lowest BCUT2D eigenvalue weighted by atomic mass is 10.1. The predicted molar refractivity (Wildman–Crippen MR) is 101 cm³/mol. The molecule has 28 heavy (non-hydrogen) atoms. The highest BCUT2D eigenvalue weighted by Gasteiger charge is 2.30. The smallest absolute Gasteiger partial charge is 0.416 e. The number of carboxylic acids is 1. The van der Waals surface area contributed by atoms with E-state index in [0.29, 0.717) is 21.8 Å². The SMILES string of the molecule is O=C(O)/C=C/c1cn(-c2cccc(C(F)(F)F)c2)nc1-c1ccc(Cl)c(Cl)c1. The molecule has 1 aromatic heterocycles. The quantitative estimate of drug-likeness (QED) is 0.523. The van der Waals surface area contributed by atoms with E-state index in [-0.39, 0.29) is 10.7 Å². The third-order valence-corrected chi connectivity index (χ3v) is 4.52. The monoisotopic (exact) mass is 426 g/mol. The summed E-state index contributed by atoms with van der Waals surface area (Å²) >= 11 is 12.0. The molecule has 4 nitrogen and oxygen atoms in total. The van der Waals surface area contributed by atoms with E-state index in [1.54, 1.807) is 18.2 Å². The number of hydrogen-bond donors (Lipinski definition) is 1. The maximum absolute atomic E-state index is 13.0. The van der Waals surface area contributed by atoms with Crippen molar-refractivity contribution in [1.82, 2.24) is 9.78 Å². The van der Waals surface area contributed by atoms with Crippen LogP contribution in [0.5, 0.6) is 0 Å². The van der Waals surface area contributed by atoms with E-state index in [9.17, 15) is 18.0 Å². The van der Waals surface area contributed by atoms with Crippen molar-refractivity contribution >= 4 is 35.2 Å². The molecule has 0 aliphatic rings. The van der Waals surface area contributed by atoms with Crippen LogP contribution in [-0.2, 0) is 11.0 Å². The second-order valence-corrected chi connectivity index (χ2v) is 6.54. The number of rotatable bonds is 4. The van der Waals surface area contributed by atoms with E-state index >= 15 is 0 Å². The van der Waals surface area contributed by atoms with Crippen LogP contribution < -0.4 is 0 Å². The lowest BCUT2D eigenvalue weighted by Gasteiger charge is -2.08. The molecule has 0 radical (unpaired) electrons. The van der Waals surface area contributed by atoms with Gasteiger partial charge in [-0.25, -0.2) is 9.48 Å². The van der Waals surface area contributed by atoms with Gasteiger partial charge < -0.3 is 5.11 Å². The number of nitrogens with zero attached hydrogens (tertiary/aromatic N) is 2. The van der Waals surface area contributed by atoms with Gasteiger partial charge in [0.15, 0.2) is 0 Å². The van der Waals surface area contributed by atoms with Gasteiger partial charge in [0.2, 0.25) is 0 Å². The molecule has 0 spiro atoms. The Hall–Kier alpha value is -2.77. The minimum absolute atomic E-state index is 0.172. The fourth-order valence-corrected chi connectivity index (χ4v) is 2.79. The minimum atomic E-state index is -4.50. The number of halogens is 5. The summed E-state index contributed by atoms with van der Waals surface area (Å²) < 4.78 is 40.2. The van der Waals surface area contributed by atoms with Gasteiger partial charge >= 0.3 is 12.1 Å². The molecule has 3 rings (SSSR count). The van der Waals surface area contributed by atoms with Crippen LogP contribution in [-0.4, -0.2) is 20.9 Å². The summed E-state index contributed by atoms with van der Waals surface area (Å²) in [6.07, 6.45) is -0.847. The van der Waals surface area contributed by atoms with Crippen molar-refractivity contribution in [2.45, 2.75) is 6.18 Å². The van der Waals surface area contributed by atoms with Crippen molar-refractivity contribution in [3.8, 4) is 16.9 Å². The van der Waals surface area contributed by atoms with Crippen molar-refractivity contribution < 1.29 is 23.1 Å². The van der Waals surface area contributed by atoms with Gasteiger partial charge in [0, 0.05) is 23.4 Å². The van der Waals surface area contributed by atoms with Crippen molar-refractivity contribution in [3.63, 3.8) is 0 Å². The second kappa shape index (κ2) is 7.69. The number of carbonyl (C=O) groups is 1. The molecule has 9 heteroatoms. The highest BCUT2D eigenvalue weighted by Crippen LogP contribution is 2.33. The zero-order valence-corrected chi connectivity index (χ0v) is 15.4. The molecule has 0 saturated carbocycles. The number of alkyl halides is 3. The molecule has 0 amide bonds. The maximum Gasteiger partial charge on any atom is 0.416 e. The molecular formula is C19H11Cl2F3N2O2. The lowest BCUT2D eigenvalue weighted by Crippen LogP contribution is -2.06. The number of carboxylic acid groups (broad SMARTS) is 1. The molecule has 2 aromatic carbocycles. The summed E-state index contributed by atoms with van der Waals surface area (Å²) in [5, 5.41) is 13.8. The molecule has 144 valence electrons. The van der Waals surface area contributed by atoms with Gasteiger partial charge in [-0.15, -0.1) is 0 Å². The van der Waals surface area contributed by atoms with Gasteiger partial charge in [0.05, 0.1) is 21.3 Å². The maximum atomic E-state index is 13.0. The Morgan fingerprint density at radius 1 is 1.11 bits per heavy atom. The third kappa shape index (κ3) is 4.37. The number of hydrogen-bond acceptors (Lipinski definition) is 2. The summed E-state index contributed by atoms with van der Waals surface area (Å²) in [6, 6.07) is 9.37. The van der Waals surface area contributed by atoms with E-state index in [1.165, 1.54) is 29.1 Å². The zero-order valence-electron chi connectivity index (χ0n) is 13.9. The average molecular weight is 427 g/mol. The lowest BCUT2D eigenvalue weighted by molar-refractivity contribution is -0.137. The van der Waals surface area contributed by atoms with E-state index in [4.69, 9.17) is 28.3 Å². The Kier molecular flexibility index (Phi) is 5.49. The number of benzene rings is 2. The Morgan fingerprint density at radius 2 is 1.86 bits per heavy atom. The van der Waals surface area contributed by atoms with Crippen LogP contribution in [0.3, 0.4) is 0 Å². The molecule has 1 N–H and O–H groups in total. The summed E-state index contributed by atoms with van der Waals surface area (Å²) in [6.45, 7) is 0. The van der Waals surface area contributed by atoms with E-state index in [2.05, 4.69) is 5.10 Å². The van der Waals surface area contributed by atoms with Crippen molar-refractivity contribution in [1.29, 1.82) is 0 Å². The van der Waals surface area contributed by atoms with Crippen LogP contribution in [0.1, 0.15) is 11.1 Å². The fraction of sp³-hybridized carbons (Fsp3) is 0.0526. The topological polar surface area (TPSA) is 55.1 Å². The highest BCUT2D eigenvalue weighted by atomic mass is 35.5. The molecule has 0 bridgehead atoms. The second-order valence-electron chi connectivity index (χ2n) is 5.73. The summed E-state index contributed by atoms with van der Waals surface area (Å²) in [5.74, 6) is -1.17. The average Bonchev–Trinajstić information content (AvgIpc) is 3.06. The third-order valence-electron chi connectivity index (χ3n) is 3.78. The normalized spacial score (nSPS) is 11.9. The van der Waals surface area contributed by atoms with Gasteiger partial charge in [-0.2, -0.15) is 18.3 Å². The van der Waals surface area contributed by atoms with Crippen molar-refractivity contribution in [2.24, 2.45) is 0 Å². The molecule has 3 aromatic rings. The van der Waals surface area contributed by atoms with Gasteiger partial charge in [0.25, 0.3) is 0 Å². The zero-order chi connectivity index (χ0) is 20.5. The first kappa shape index (κ1) is 20.0. The first-order valence-electron chi connectivity index (χ1n) is 7.79. The fourth-order valence-electron chi connectivity index (χ4n) is 2.50. The summed E-state index contributed by atoms with van der Waals surface area (Å²) in [4.78, 5) is 10.9. The Bertz CT molecular complexity index is 1080. The van der Waals surface area contributed by atoms with Gasteiger partial charge in [-0.05, 0) is 36.4 Å². The highest BCUT2D eigenvalue weighted by molar-refractivity contribution is 6.42. The van der Waals surface area contributed by atoms with Crippen LogP contribution in [0.25, 0.3) is 23.0 Å². The molecule has 0 atom stereocenters. The van der Waals surface area contributed by atoms with Gasteiger partial charge in [-0.1, -0.05) is 35.3 Å². The van der Waals surface area contributed by atoms with Crippen LogP contribution in [0.15, 0.2) is 54.7 Å². The first-order valence-corrected chi connectivity index (χ1v) is 8.54. The molecule has 0 aliphatic carbocycles. The predicted octanol–water partition coefficient (Wildman–Crippen LogP) is 5.96. The number of aliphatic carboxylic acids is 1. The Balaban J connectivity index is 2.14. The van der Waals surface area contributed by atoms with E-state index in [0.717, 1.165) is 18.2 Å². The van der Waals surface area contributed by atoms with Gasteiger partial charge in [-0.3, -0.25) is 0 Å². The van der Waals surface area contributed by atoms with Crippen LogP contribution >= 0.6 is 23.2 Å². The minimum Gasteiger partial charge on any atom is -0.478 e. The molecule has 0 aliphatic heterocycles. The van der Waals surface area contributed by atoms with Crippen molar-refractivity contribution in [2.75, 3.05) is 0 Å². The molecule has 0 unspecified atom stereocenters. The van der Waals surface area contributed by atoms with Gasteiger partial charge in [0.1, 0.15) is 5.69 Å². The first-order chi connectivity index (χ1) is 13.1. The van der Waals surface area contributed by atoms with E-state index < -0.39 is 17.7 Å². The van der Waals surface area contributed by atoms with E-state index in [1.807, 2.05) is 0 Å². The van der Waals surface area contributed by atoms with Crippen molar-refractivity contribution in [3.05, 3.63) is 75.9 Å². The van der Waals surface area contributed by atoms with Crippen LogP contribution in [0.2, 0.25) is 10.0 Å². The summed E-state index contributed by atoms with van der Waals surface area (Å²) in [5.41, 5.74) is 0.613. The Labute approximate surface area is 167 Å². The molecule has 0 fully saturated rings. The molecular weight excluding hydrogens is 416 g/mol. The van der Waals surface area contributed by atoms with Crippen LogP contribution in [0.4, 0.5) is 13.2 Å². The molecule has 0 saturated heterocycles. The largest absolute Gasteiger partial charge is 0.478 e. The Morgan fingerprint density at radius 3 is 2.50 bits per heavy atom. The standard InChI is InChI=1S/C19H11Cl2F3N2O2/c20-15-6-4-11(8-16(15)21)18-12(5-7-17(27)28)10-26(25-18)14-3-1-2-13(9-14)19(22,23)24/h1-10H,(H,27,28)/b7-5+.